The Labute approximate surface area is 207 Å². The number of halogens is 4. The minimum atomic E-state index is -4.75. The Bertz CT molecular complexity index is 1250. The van der Waals surface area contributed by atoms with Gasteiger partial charge in [0.05, 0.1) is 21.2 Å². The summed E-state index contributed by atoms with van der Waals surface area (Å²) < 4.78 is 70.6. The average Bonchev–Trinajstić information content (AvgIpc) is 3.26. The van der Waals surface area contributed by atoms with E-state index < -0.39 is 27.5 Å². The number of rotatable bonds is 5. The van der Waals surface area contributed by atoms with Gasteiger partial charge in [0, 0.05) is 6.07 Å². The van der Waals surface area contributed by atoms with Crippen LogP contribution in [-0.2, 0) is 16.2 Å². The number of benzene rings is 3. The molecule has 0 saturated carbocycles. The molecule has 188 valence electrons. The number of phenolic OH excluding ortho intramolecular Hbond substituents is 1. The van der Waals surface area contributed by atoms with E-state index in [4.69, 9.17) is 16.3 Å². The summed E-state index contributed by atoms with van der Waals surface area (Å²) in [5, 5.41) is 9.89. The van der Waals surface area contributed by atoms with Crippen molar-refractivity contribution in [3.05, 3.63) is 77.3 Å². The van der Waals surface area contributed by atoms with Crippen LogP contribution in [0.4, 0.5) is 18.9 Å². The Morgan fingerprint density at radius 2 is 1.63 bits per heavy atom. The summed E-state index contributed by atoms with van der Waals surface area (Å²) in [6.45, 7) is 2.64. The first-order valence-corrected chi connectivity index (χ1v) is 12.5. The van der Waals surface area contributed by atoms with Crippen molar-refractivity contribution in [3.8, 4) is 17.2 Å². The Morgan fingerprint density at radius 1 is 1.00 bits per heavy atom. The Morgan fingerprint density at radius 3 is 2.14 bits per heavy atom. The van der Waals surface area contributed by atoms with Crippen LogP contribution in [-0.4, -0.2) is 38.6 Å². The second-order valence-electron chi connectivity index (χ2n) is 7.85. The predicted molar refractivity (Wildman–Crippen MR) is 129 cm³/mol. The number of sulfonamides is 1. The fourth-order valence-corrected chi connectivity index (χ4v) is 4.49. The van der Waals surface area contributed by atoms with Crippen LogP contribution in [0, 0.1) is 0 Å². The normalized spacial score (nSPS) is 14.2. The SMILES string of the molecule is CN1CCCC1.O=S(=O)(Nc1ccc(C(F)(F)F)c(O)c1)c1ccc(Oc2ccccc2Cl)cc1. The zero-order valence-electron chi connectivity index (χ0n) is 18.7. The van der Waals surface area contributed by atoms with Crippen molar-refractivity contribution < 1.29 is 31.4 Å². The number of ether oxygens (including phenoxy) is 1. The van der Waals surface area contributed by atoms with Crippen molar-refractivity contribution in [1.29, 1.82) is 0 Å². The minimum absolute atomic E-state index is 0.150. The second kappa shape index (κ2) is 11.2. The van der Waals surface area contributed by atoms with Crippen LogP contribution in [0.1, 0.15) is 18.4 Å². The third-order valence-corrected chi connectivity index (χ3v) is 6.79. The highest BCUT2D eigenvalue weighted by Crippen LogP contribution is 2.37. The molecule has 1 aliphatic rings. The molecule has 0 aliphatic carbocycles. The van der Waals surface area contributed by atoms with Crippen molar-refractivity contribution in [3.63, 3.8) is 0 Å². The topological polar surface area (TPSA) is 78.9 Å². The van der Waals surface area contributed by atoms with Crippen LogP contribution < -0.4 is 9.46 Å². The maximum Gasteiger partial charge on any atom is 0.419 e. The summed E-state index contributed by atoms with van der Waals surface area (Å²) in [5.41, 5.74) is -1.48. The first-order chi connectivity index (χ1) is 16.5. The zero-order chi connectivity index (χ0) is 25.6. The summed E-state index contributed by atoms with van der Waals surface area (Å²) in [6, 6.07) is 14.3. The summed E-state index contributed by atoms with van der Waals surface area (Å²) in [5.74, 6) is -0.353. The van der Waals surface area contributed by atoms with E-state index in [1.807, 2.05) is 0 Å². The standard InChI is InChI=1S/C19H13ClF3NO4S.C5H11N/c20-16-3-1-2-4-18(16)28-13-6-8-14(9-7-13)29(26,27)24-12-5-10-15(17(25)11-12)19(21,22)23;1-6-4-2-3-5-6/h1-11,24-25H;2-5H2,1H3. The van der Waals surface area contributed by atoms with Gasteiger partial charge in [-0.05, 0) is 81.5 Å². The van der Waals surface area contributed by atoms with E-state index in [2.05, 4.69) is 16.7 Å². The molecule has 6 nitrogen and oxygen atoms in total. The first kappa shape index (κ1) is 26.7. The maximum absolute atomic E-state index is 12.7. The molecule has 0 amide bonds. The lowest BCUT2D eigenvalue weighted by Crippen LogP contribution is -2.13. The van der Waals surface area contributed by atoms with Crippen LogP contribution in [0.5, 0.6) is 17.2 Å². The molecule has 1 saturated heterocycles. The van der Waals surface area contributed by atoms with Crippen molar-refractivity contribution >= 4 is 27.3 Å². The third-order valence-electron chi connectivity index (χ3n) is 5.08. The summed E-state index contributed by atoms with van der Waals surface area (Å²) in [4.78, 5) is 2.21. The second-order valence-corrected chi connectivity index (χ2v) is 9.94. The van der Waals surface area contributed by atoms with Crippen LogP contribution in [0.15, 0.2) is 71.6 Å². The summed E-state index contributed by atoms with van der Waals surface area (Å²) in [7, 11) is -1.93. The number of anilines is 1. The number of nitrogens with one attached hydrogen (secondary N) is 1. The third kappa shape index (κ3) is 7.51. The summed E-state index contributed by atoms with van der Waals surface area (Å²) >= 11 is 6.00. The Balaban J connectivity index is 0.000000497. The highest BCUT2D eigenvalue weighted by atomic mass is 35.5. The lowest BCUT2D eigenvalue weighted by atomic mass is 10.2. The van der Waals surface area contributed by atoms with Crippen LogP contribution in [0.25, 0.3) is 0 Å². The number of nitrogens with zero attached hydrogens (tertiary/aromatic N) is 1. The van der Waals surface area contributed by atoms with Gasteiger partial charge in [-0.1, -0.05) is 23.7 Å². The molecule has 2 N–H and O–H groups in total. The van der Waals surface area contributed by atoms with Gasteiger partial charge in [-0.3, -0.25) is 4.72 Å². The zero-order valence-corrected chi connectivity index (χ0v) is 20.3. The molecule has 3 aromatic carbocycles. The molecule has 3 aromatic rings. The molecule has 1 heterocycles. The summed E-state index contributed by atoms with van der Waals surface area (Å²) in [6.07, 6.45) is -1.92. The van der Waals surface area contributed by atoms with Crippen LogP contribution in [0.3, 0.4) is 0 Å². The highest BCUT2D eigenvalue weighted by molar-refractivity contribution is 7.92. The molecule has 0 unspecified atom stereocenters. The van der Waals surface area contributed by atoms with E-state index in [-0.39, 0.29) is 10.6 Å². The fourth-order valence-electron chi connectivity index (χ4n) is 3.27. The van der Waals surface area contributed by atoms with Gasteiger partial charge in [-0.25, -0.2) is 8.42 Å². The smallest absolute Gasteiger partial charge is 0.419 e. The van der Waals surface area contributed by atoms with Gasteiger partial charge in [0.25, 0.3) is 10.0 Å². The predicted octanol–water partition coefficient (Wildman–Crippen LogP) is 6.37. The van der Waals surface area contributed by atoms with Crippen molar-refractivity contribution in [1.82, 2.24) is 4.90 Å². The lowest BCUT2D eigenvalue weighted by Gasteiger charge is -2.12. The number of hydrogen-bond acceptors (Lipinski definition) is 5. The van der Waals surface area contributed by atoms with E-state index in [1.165, 1.54) is 50.2 Å². The maximum atomic E-state index is 12.7. The van der Waals surface area contributed by atoms with E-state index >= 15 is 0 Å². The van der Waals surface area contributed by atoms with Crippen molar-refractivity contribution in [2.24, 2.45) is 0 Å². The van der Waals surface area contributed by atoms with Gasteiger partial charge in [0.1, 0.15) is 17.2 Å². The first-order valence-electron chi connectivity index (χ1n) is 10.6. The lowest BCUT2D eigenvalue weighted by molar-refractivity contribution is -0.138. The van der Waals surface area contributed by atoms with Gasteiger partial charge in [0.15, 0.2) is 0 Å². The van der Waals surface area contributed by atoms with E-state index in [0.717, 1.165) is 6.07 Å². The molecular formula is C24H24ClF3N2O4S. The number of phenols is 1. The van der Waals surface area contributed by atoms with E-state index in [1.54, 1.807) is 24.3 Å². The van der Waals surface area contributed by atoms with Crippen molar-refractivity contribution in [2.75, 3.05) is 24.9 Å². The van der Waals surface area contributed by atoms with Crippen molar-refractivity contribution in [2.45, 2.75) is 23.9 Å². The molecule has 4 rings (SSSR count). The number of alkyl halides is 3. The molecule has 11 heteroatoms. The highest BCUT2D eigenvalue weighted by Gasteiger charge is 2.34. The molecule has 1 fully saturated rings. The molecule has 0 radical (unpaired) electrons. The number of aromatic hydroxyl groups is 1. The number of likely N-dealkylation sites (tertiary alicyclic amines) is 1. The van der Waals surface area contributed by atoms with Gasteiger partial charge in [-0.15, -0.1) is 0 Å². The van der Waals surface area contributed by atoms with Crippen LogP contribution in [0.2, 0.25) is 5.02 Å². The van der Waals surface area contributed by atoms with Gasteiger partial charge < -0.3 is 14.7 Å². The molecule has 0 spiro atoms. The Kier molecular flexibility index (Phi) is 8.52. The van der Waals surface area contributed by atoms with Crippen LogP contribution >= 0.6 is 11.6 Å². The average molecular weight is 529 g/mol. The van der Waals surface area contributed by atoms with Gasteiger partial charge in [0.2, 0.25) is 0 Å². The number of para-hydroxylation sites is 1. The quantitative estimate of drug-likeness (QED) is 0.402. The Hall–Kier alpha value is -2.95. The minimum Gasteiger partial charge on any atom is -0.507 e. The number of hydrogen-bond donors (Lipinski definition) is 2. The van der Waals surface area contributed by atoms with E-state index in [9.17, 15) is 26.7 Å². The molecule has 0 bridgehead atoms. The molecule has 35 heavy (non-hydrogen) atoms. The monoisotopic (exact) mass is 528 g/mol. The largest absolute Gasteiger partial charge is 0.507 e. The fraction of sp³-hybridized carbons (Fsp3) is 0.250. The molecular weight excluding hydrogens is 505 g/mol. The molecule has 0 aromatic heterocycles. The van der Waals surface area contributed by atoms with Gasteiger partial charge >= 0.3 is 6.18 Å². The molecule has 0 atom stereocenters. The van der Waals surface area contributed by atoms with Gasteiger partial charge in [-0.2, -0.15) is 13.2 Å². The molecule has 1 aliphatic heterocycles. The van der Waals surface area contributed by atoms with E-state index in [0.29, 0.717) is 28.7 Å².